The van der Waals surface area contributed by atoms with Gasteiger partial charge in [0.05, 0.1) is 37.0 Å². The summed E-state index contributed by atoms with van der Waals surface area (Å²) in [5.41, 5.74) is 7.26. The van der Waals surface area contributed by atoms with Crippen LogP contribution in [0.2, 0.25) is 0 Å². The third-order valence-electron chi connectivity index (χ3n) is 6.83. The number of carbonyl (C=O) groups is 6. The van der Waals surface area contributed by atoms with E-state index >= 15 is 0 Å². The van der Waals surface area contributed by atoms with E-state index in [1.807, 2.05) is 0 Å². The fourth-order valence-electron chi connectivity index (χ4n) is 4.58. The Hall–Kier alpha value is -6.66. The Balaban J connectivity index is 0.000000317. The molecule has 0 aliphatic rings. The van der Waals surface area contributed by atoms with E-state index in [1.54, 1.807) is 108 Å². The van der Waals surface area contributed by atoms with Crippen molar-refractivity contribution >= 4 is 58.8 Å². The molecule has 19 heteroatoms. The molecule has 4 rings (SSSR count). The number of rotatable bonds is 7. The number of hydrogen-bond donors (Lipinski definition) is 5. The molecule has 0 aliphatic heterocycles. The molecule has 300 valence electrons. The number of hydrogen-bond acceptors (Lipinski definition) is 11. The zero-order valence-corrected chi connectivity index (χ0v) is 33.0. The van der Waals surface area contributed by atoms with Crippen molar-refractivity contribution in [3.05, 3.63) is 71.8 Å². The number of aromatic carboxylic acids is 1. The Morgan fingerprint density at radius 3 is 1.27 bits per heavy atom. The summed E-state index contributed by atoms with van der Waals surface area (Å²) in [6.45, 7) is 10.5. The molecule has 0 unspecified atom stereocenters. The highest BCUT2D eigenvalue weighted by Gasteiger charge is 2.20. The van der Waals surface area contributed by atoms with Crippen molar-refractivity contribution in [2.75, 3.05) is 35.9 Å². The van der Waals surface area contributed by atoms with Gasteiger partial charge >= 0.3 is 30.1 Å². The maximum Gasteiger partial charge on any atom is 0.412 e. The molecule has 4 heterocycles. The van der Waals surface area contributed by atoms with Crippen LogP contribution in [0.5, 0.6) is 0 Å². The maximum atomic E-state index is 12.5. The highest BCUT2D eigenvalue weighted by Crippen LogP contribution is 2.19. The normalized spacial score (nSPS) is 10.8. The van der Waals surface area contributed by atoms with Crippen LogP contribution in [0, 0.1) is 0 Å². The van der Waals surface area contributed by atoms with Crippen molar-refractivity contribution in [3.63, 3.8) is 0 Å². The molecule has 0 saturated heterocycles. The minimum atomic E-state index is -1.05. The lowest BCUT2D eigenvalue weighted by molar-refractivity contribution is 0.0581. The number of carbonyl (C=O) groups excluding carboxylic acids is 5. The van der Waals surface area contributed by atoms with E-state index in [-0.39, 0.29) is 11.7 Å². The van der Waals surface area contributed by atoms with Gasteiger partial charge in [-0.3, -0.25) is 15.4 Å². The molecule has 0 aliphatic carbocycles. The smallest absolute Gasteiger partial charge is 0.412 e. The molecule has 0 spiro atoms. The number of nitrogens with zero attached hydrogens (tertiary/aromatic N) is 4. The van der Waals surface area contributed by atoms with Gasteiger partial charge in [0.25, 0.3) is 5.91 Å². The Labute approximate surface area is 318 Å². The number of nitrogens with two attached hydrogens (primary N) is 1. The fourth-order valence-corrected chi connectivity index (χ4v) is 4.58. The number of methoxy groups -OCH3 is 2. The second kappa shape index (κ2) is 18.4. The number of nitrogen functional groups attached to an aromatic ring is 1. The van der Waals surface area contributed by atoms with Crippen molar-refractivity contribution in [1.82, 2.24) is 18.3 Å². The molecule has 0 aromatic carbocycles. The summed E-state index contributed by atoms with van der Waals surface area (Å²) < 4.78 is 25.6. The number of aryl methyl sites for hydroxylation is 4. The first-order chi connectivity index (χ1) is 25.3. The van der Waals surface area contributed by atoms with Gasteiger partial charge in [0.2, 0.25) is 0 Å². The Morgan fingerprint density at radius 1 is 0.564 bits per heavy atom. The van der Waals surface area contributed by atoms with Crippen LogP contribution in [0.25, 0.3) is 0 Å². The number of carboxylic acid groups (broad SMARTS) is 1. The number of anilines is 4. The maximum absolute atomic E-state index is 12.5. The van der Waals surface area contributed by atoms with Crippen LogP contribution in [0.4, 0.5) is 32.3 Å². The second-order valence-corrected chi connectivity index (χ2v) is 13.9. The highest BCUT2D eigenvalue weighted by atomic mass is 16.6. The number of aromatic nitrogens is 4. The van der Waals surface area contributed by atoms with Gasteiger partial charge in [0, 0.05) is 53.0 Å². The van der Waals surface area contributed by atoms with Crippen molar-refractivity contribution in [1.29, 1.82) is 0 Å². The van der Waals surface area contributed by atoms with Gasteiger partial charge in [-0.2, -0.15) is 0 Å². The zero-order valence-electron chi connectivity index (χ0n) is 33.0. The molecular formula is C36H50N8O11. The monoisotopic (exact) mass is 770 g/mol. The minimum absolute atomic E-state index is 0.0936. The lowest BCUT2D eigenvalue weighted by atomic mass is 10.2. The summed E-state index contributed by atoms with van der Waals surface area (Å²) in [6.07, 6.45) is 5.15. The molecule has 4 aromatic heterocycles. The first-order valence-corrected chi connectivity index (χ1v) is 16.5. The molecule has 4 aromatic rings. The molecule has 0 atom stereocenters. The summed E-state index contributed by atoms with van der Waals surface area (Å²) in [5, 5.41) is 16.6. The average molecular weight is 771 g/mol. The molecule has 3 amide bonds. The summed E-state index contributed by atoms with van der Waals surface area (Å²) in [4.78, 5) is 69.2. The molecule has 55 heavy (non-hydrogen) atoms. The van der Waals surface area contributed by atoms with Gasteiger partial charge in [0.1, 0.15) is 34.0 Å². The summed E-state index contributed by atoms with van der Waals surface area (Å²) >= 11 is 0. The van der Waals surface area contributed by atoms with Crippen molar-refractivity contribution in [2.24, 2.45) is 28.2 Å². The van der Waals surface area contributed by atoms with Gasteiger partial charge in [0.15, 0.2) is 0 Å². The van der Waals surface area contributed by atoms with Gasteiger partial charge < -0.3 is 53.4 Å². The zero-order chi connectivity index (χ0) is 42.0. The third-order valence-corrected chi connectivity index (χ3v) is 6.83. The molecule has 0 fully saturated rings. The van der Waals surface area contributed by atoms with Crippen LogP contribution in [0.3, 0.4) is 0 Å². The van der Waals surface area contributed by atoms with E-state index in [9.17, 15) is 28.8 Å². The fraction of sp³-hybridized carbons (Fsp3) is 0.389. The summed E-state index contributed by atoms with van der Waals surface area (Å²) in [6, 6.07) is 5.99. The van der Waals surface area contributed by atoms with E-state index in [2.05, 4.69) is 25.4 Å². The topological polar surface area (TPSA) is 241 Å². The van der Waals surface area contributed by atoms with Crippen LogP contribution in [0.1, 0.15) is 83.5 Å². The Morgan fingerprint density at radius 2 is 0.909 bits per heavy atom. The van der Waals surface area contributed by atoms with Crippen LogP contribution >= 0.6 is 0 Å². The van der Waals surface area contributed by atoms with Crippen molar-refractivity contribution < 1.29 is 52.8 Å². The number of amides is 3. The molecule has 0 saturated carbocycles. The molecule has 0 bridgehead atoms. The van der Waals surface area contributed by atoms with Crippen LogP contribution in [-0.4, -0.2) is 84.8 Å². The van der Waals surface area contributed by atoms with Gasteiger partial charge in [-0.1, -0.05) is 0 Å². The van der Waals surface area contributed by atoms with E-state index in [0.29, 0.717) is 39.8 Å². The van der Waals surface area contributed by atoms with Gasteiger partial charge in [-0.25, -0.2) is 24.0 Å². The number of carboxylic acids is 1. The molecular weight excluding hydrogens is 720 g/mol. The Bertz CT molecular complexity index is 2020. The molecule has 19 nitrogen and oxygen atoms in total. The van der Waals surface area contributed by atoms with Crippen molar-refractivity contribution in [3.8, 4) is 0 Å². The van der Waals surface area contributed by atoms with E-state index in [4.69, 9.17) is 20.3 Å². The predicted molar refractivity (Wildman–Crippen MR) is 203 cm³/mol. The number of ether oxygens (including phenoxy) is 4. The first kappa shape index (κ1) is 44.5. The predicted octanol–water partition coefficient (Wildman–Crippen LogP) is 5.21. The SMILES string of the molecule is COC(=O)c1cc(N)cn1C.COC(=O)c1cc(NC(=O)c2cc(NC(=O)OC(C)(C)C)cn2C)cn1C.Cn1cc(NC(=O)OC(C)(C)C)cc1C(=O)O. The lowest BCUT2D eigenvalue weighted by Gasteiger charge is -2.19. The van der Waals surface area contributed by atoms with Crippen LogP contribution in [0.15, 0.2) is 49.1 Å². The quantitative estimate of drug-likeness (QED) is 0.120. The number of esters is 2. The van der Waals surface area contributed by atoms with E-state index in [0.717, 1.165) is 0 Å². The largest absolute Gasteiger partial charge is 0.477 e. The van der Waals surface area contributed by atoms with Crippen LogP contribution in [-0.2, 0) is 47.1 Å². The molecule has 0 radical (unpaired) electrons. The molecule has 6 N–H and O–H groups in total. The average Bonchev–Trinajstić information content (AvgIpc) is 3.79. The summed E-state index contributed by atoms with van der Waals surface area (Å²) in [7, 11) is 9.31. The highest BCUT2D eigenvalue weighted by molar-refractivity contribution is 6.05. The Kier molecular flexibility index (Phi) is 14.9. The standard InChI is InChI=1S/C18H24N4O5.C11H16N2O4.C7H10N2O2/c1-18(2,3)27-17(25)20-12-7-13(21(4)10-12)15(23)19-11-8-14(16(24)26-6)22(5)9-11;1-11(2,3)17-10(16)12-7-5-8(9(14)15)13(4)6-7;1-9-4-5(8)3-6(9)7(10)11-2/h7-10H,1-6H3,(H,19,23)(H,20,25);5-6H,1-4H3,(H,12,16)(H,14,15);3-4H,8H2,1-2H3. The minimum Gasteiger partial charge on any atom is -0.477 e. The lowest BCUT2D eigenvalue weighted by Crippen LogP contribution is -2.27. The van der Waals surface area contributed by atoms with E-state index < -0.39 is 41.2 Å². The summed E-state index contributed by atoms with van der Waals surface area (Å²) in [5.74, 6) is -2.31. The van der Waals surface area contributed by atoms with Gasteiger partial charge in [-0.05, 0) is 65.8 Å². The first-order valence-electron chi connectivity index (χ1n) is 16.5. The number of nitrogens with one attached hydrogen (secondary N) is 3. The third kappa shape index (κ3) is 14.0. The van der Waals surface area contributed by atoms with E-state index in [1.165, 1.54) is 43.2 Å². The van der Waals surface area contributed by atoms with Crippen LogP contribution < -0.4 is 21.7 Å². The second-order valence-electron chi connectivity index (χ2n) is 13.9. The van der Waals surface area contributed by atoms with Gasteiger partial charge in [-0.15, -0.1) is 0 Å². The van der Waals surface area contributed by atoms with Crippen molar-refractivity contribution in [2.45, 2.75) is 52.7 Å².